The zero-order chi connectivity index (χ0) is 15.8. The fraction of sp³-hybridized carbons (Fsp3) is 0.467. The molecule has 0 spiro atoms. The van der Waals surface area contributed by atoms with Crippen LogP contribution in [0.5, 0.6) is 0 Å². The minimum atomic E-state index is -1.15. The predicted molar refractivity (Wildman–Crippen MR) is 75.3 cm³/mol. The van der Waals surface area contributed by atoms with E-state index < -0.39 is 17.9 Å². The third-order valence-electron chi connectivity index (χ3n) is 3.20. The Bertz CT molecular complexity index is 492. The van der Waals surface area contributed by atoms with E-state index in [9.17, 15) is 14.0 Å². The number of methoxy groups -OCH3 is 1. The molecule has 1 aromatic carbocycles. The van der Waals surface area contributed by atoms with Gasteiger partial charge < -0.3 is 15.2 Å². The largest absolute Gasteiger partial charge is 0.480 e. The highest BCUT2D eigenvalue weighted by molar-refractivity contribution is 5.84. The monoisotopic (exact) mass is 297 g/mol. The van der Waals surface area contributed by atoms with Gasteiger partial charge in [-0.3, -0.25) is 4.79 Å². The van der Waals surface area contributed by atoms with Gasteiger partial charge in [0.2, 0.25) is 5.91 Å². The Hall–Kier alpha value is -1.95. The average Bonchev–Trinajstić information content (AvgIpc) is 2.45. The summed E-state index contributed by atoms with van der Waals surface area (Å²) in [6.45, 7) is 1.59. The SMILES string of the molecule is COCC(NC(=O)C(C)CCc1ccccc1F)C(=O)O. The van der Waals surface area contributed by atoms with Crippen molar-refractivity contribution in [2.75, 3.05) is 13.7 Å². The van der Waals surface area contributed by atoms with Crippen molar-refractivity contribution in [2.24, 2.45) is 5.92 Å². The number of hydrogen-bond donors (Lipinski definition) is 2. The lowest BCUT2D eigenvalue weighted by molar-refractivity contribution is -0.143. The van der Waals surface area contributed by atoms with Gasteiger partial charge >= 0.3 is 5.97 Å². The van der Waals surface area contributed by atoms with E-state index >= 15 is 0 Å². The number of amides is 1. The fourth-order valence-electron chi connectivity index (χ4n) is 1.86. The Morgan fingerprint density at radius 3 is 2.62 bits per heavy atom. The minimum Gasteiger partial charge on any atom is -0.480 e. The first-order valence-corrected chi connectivity index (χ1v) is 6.71. The van der Waals surface area contributed by atoms with Crippen LogP contribution in [0.4, 0.5) is 4.39 Å². The van der Waals surface area contributed by atoms with E-state index in [1.54, 1.807) is 25.1 Å². The molecule has 0 heterocycles. The van der Waals surface area contributed by atoms with Crippen LogP contribution in [0.2, 0.25) is 0 Å². The highest BCUT2D eigenvalue weighted by Crippen LogP contribution is 2.13. The van der Waals surface area contributed by atoms with Crippen LogP contribution >= 0.6 is 0 Å². The molecule has 2 N–H and O–H groups in total. The summed E-state index contributed by atoms with van der Waals surface area (Å²) in [4.78, 5) is 22.8. The maximum Gasteiger partial charge on any atom is 0.328 e. The second kappa shape index (κ2) is 8.36. The molecule has 1 aromatic rings. The van der Waals surface area contributed by atoms with Crippen LogP contribution in [0, 0.1) is 11.7 Å². The maximum atomic E-state index is 13.5. The molecule has 2 unspecified atom stereocenters. The van der Waals surface area contributed by atoms with E-state index in [1.807, 2.05) is 0 Å². The minimum absolute atomic E-state index is 0.0961. The van der Waals surface area contributed by atoms with Crippen LogP contribution in [0.3, 0.4) is 0 Å². The van der Waals surface area contributed by atoms with Crippen molar-refractivity contribution in [3.8, 4) is 0 Å². The van der Waals surface area contributed by atoms with Crippen LogP contribution in [-0.2, 0) is 20.7 Å². The number of hydrogen-bond acceptors (Lipinski definition) is 3. The van der Waals surface area contributed by atoms with Gasteiger partial charge in [0, 0.05) is 13.0 Å². The first-order valence-electron chi connectivity index (χ1n) is 6.71. The number of aliphatic carboxylic acids is 1. The second-order valence-corrected chi connectivity index (χ2v) is 4.89. The molecule has 0 aromatic heterocycles. The number of carbonyl (C=O) groups is 2. The highest BCUT2D eigenvalue weighted by Gasteiger charge is 2.22. The Kier molecular flexibility index (Phi) is 6.81. The van der Waals surface area contributed by atoms with E-state index in [1.165, 1.54) is 13.2 Å². The highest BCUT2D eigenvalue weighted by atomic mass is 19.1. The molecule has 0 fully saturated rings. The number of benzene rings is 1. The van der Waals surface area contributed by atoms with E-state index in [0.717, 1.165) is 0 Å². The van der Waals surface area contributed by atoms with E-state index in [-0.39, 0.29) is 18.3 Å². The Morgan fingerprint density at radius 2 is 2.05 bits per heavy atom. The van der Waals surface area contributed by atoms with Crippen molar-refractivity contribution in [2.45, 2.75) is 25.8 Å². The second-order valence-electron chi connectivity index (χ2n) is 4.89. The summed E-state index contributed by atoms with van der Waals surface area (Å²) >= 11 is 0. The van der Waals surface area contributed by atoms with Crippen LogP contribution in [-0.4, -0.2) is 36.7 Å². The van der Waals surface area contributed by atoms with Crippen LogP contribution in [0.25, 0.3) is 0 Å². The van der Waals surface area contributed by atoms with Crippen molar-refractivity contribution in [1.29, 1.82) is 0 Å². The molecule has 5 nitrogen and oxygen atoms in total. The molecule has 0 aliphatic rings. The Labute approximate surface area is 123 Å². The van der Waals surface area contributed by atoms with Gasteiger partial charge in [-0.05, 0) is 24.5 Å². The van der Waals surface area contributed by atoms with Gasteiger partial charge in [0.05, 0.1) is 6.61 Å². The summed E-state index contributed by atoms with van der Waals surface area (Å²) in [7, 11) is 1.36. The first-order chi connectivity index (χ1) is 9.95. The Morgan fingerprint density at radius 1 is 1.38 bits per heavy atom. The molecular weight excluding hydrogens is 277 g/mol. The molecule has 1 amide bonds. The van der Waals surface area contributed by atoms with Gasteiger partial charge in [0.15, 0.2) is 6.04 Å². The van der Waals surface area contributed by atoms with Crippen LogP contribution in [0.15, 0.2) is 24.3 Å². The number of halogens is 1. The Balaban J connectivity index is 2.51. The van der Waals surface area contributed by atoms with Gasteiger partial charge in [-0.15, -0.1) is 0 Å². The lowest BCUT2D eigenvalue weighted by Gasteiger charge is -2.17. The van der Waals surface area contributed by atoms with E-state index in [2.05, 4.69) is 5.32 Å². The summed E-state index contributed by atoms with van der Waals surface area (Å²) in [5.41, 5.74) is 0.545. The van der Waals surface area contributed by atoms with Gasteiger partial charge in [0.25, 0.3) is 0 Å². The molecule has 2 atom stereocenters. The zero-order valence-corrected chi connectivity index (χ0v) is 12.1. The summed E-state index contributed by atoms with van der Waals surface area (Å²) in [6.07, 6.45) is 0.857. The number of rotatable bonds is 8. The van der Waals surface area contributed by atoms with Crippen molar-refractivity contribution in [3.05, 3.63) is 35.6 Å². The topological polar surface area (TPSA) is 75.6 Å². The predicted octanol–water partition coefficient (Wildman–Crippen LogP) is 1.61. The number of ether oxygens (including phenoxy) is 1. The van der Waals surface area contributed by atoms with Crippen LogP contribution in [0.1, 0.15) is 18.9 Å². The third-order valence-corrected chi connectivity index (χ3v) is 3.20. The van der Waals surface area contributed by atoms with Gasteiger partial charge in [-0.2, -0.15) is 0 Å². The zero-order valence-electron chi connectivity index (χ0n) is 12.1. The molecule has 0 aliphatic carbocycles. The lowest BCUT2D eigenvalue weighted by atomic mass is 10.00. The molecule has 0 aliphatic heterocycles. The van der Waals surface area contributed by atoms with Gasteiger partial charge in [-0.1, -0.05) is 25.1 Å². The number of carboxylic acids is 1. The molecular formula is C15H20FNO4. The summed E-state index contributed by atoms with van der Waals surface area (Å²) < 4.78 is 18.2. The summed E-state index contributed by atoms with van der Waals surface area (Å²) in [6, 6.07) is 5.32. The number of carbonyl (C=O) groups excluding carboxylic acids is 1. The summed E-state index contributed by atoms with van der Waals surface area (Å²) in [5, 5.41) is 11.3. The standard InChI is InChI=1S/C15H20FNO4/c1-10(7-8-11-5-3-4-6-12(11)16)14(18)17-13(9-21-2)15(19)20/h3-6,10,13H,7-9H2,1-2H3,(H,17,18)(H,19,20). The number of carboxylic acid groups (broad SMARTS) is 1. The quantitative estimate of drug-likeness (QED) is 0.764. The van der Waals surface area contributed by atoms with E-state index in [4.69, 9.17) is 9.84 Å². The van der Waals surface area contributed by atoms with Gasteiger partial charge in [0.1, 0.15) is 5.82 Å². The maximum absolute atomic E-state index is 13.5. The molecule has 0 saturated carbocycles. The fourth-order valence-corrected chi connectivity index (χ4v) is 1.86. The molecule has 0 radical (unpaired) electrons. The van der Waals surface area contributed by atoms with Crippen LogP contribution < -0.4 is 5.32 Å². The molecule has 0 saturated heterocycles. The molecule has 6 heteroatoms. The first kappa shape index (κ1) is 17.1. The number of nitrogens with one attached hydrogen (secondary N) is 1. The van der Waals surface area contributed by atoms with Crippen molar-refractivity contribution >= 4 is 11.9 Å². The smallest absolute Gasteiger partial charge is 0.328 e. The third kappa shape index (κ3) is 5.51. The molecule has 0 bridgehead atoms. The lowest BCUT2D eigenvalue weighted by Crippen LogP contribution is -2.45. The van der Waals surface area contributed by atoms with Crippen molar-refractivity contribution in [3.63, 3.8) is 0 Å². The van der Waals surface area contributed by atoms with Gasteiger partial charge in [-0.25, -0.2) is 9.18 Å². The van der Waals surface area contributed by atoms with Crippen molar-refractivity contribution in [1.82, 2.24) is 5.32 Å². The summed E-state index contributed by atoms with van der Waals surface area (Å²) in [5.74, 6) is -2.24. The molecule has 1 rings (SSSR count). The van der Waals surface area contributed by atoms with Crippen molar-refractivity contribution < 1.29 is 23.8 Å². The van der Waals surface area contributed by atoms with E-state index in [0.29, 0.717) is 18.4 Å². The normalized spacial score (nSPS) is 13.5. The average molecular weight is 297 g/mol. The number of aryl methyl sites for hydroxylation is 1. The molecule has 116 valence electrons. The molecule has 21 heavy (non-hydrogen) atoms.